The van der Waals surface area contributed by atoms with Gasteiger partial charge in [0, 0.05) is 10.9 Å². The van der Waals surface area contributed by atoms with Gasteiger partial charge >= 0.3 is 0 Å². The first kappa shape index (κ1) is 12.7. The van der Waals surface area contributed by atoms with Crippen molar-refractivity contribution in [1.82, 2.24) is 5.32 Å². The van der Waals surface area contributed by atoms with Crippen LogP contribution in [0.15, 0.2) is 17.5 Å². The zero-order valence-electron chi connectivity index (χ0n) is 9.96. The number of nitrogens with one attached hydrogen (secondary N) is 1. The maximum atomic E-state index is 3.45. The lowest BCUT2D eigenvalue weighted by Crippen LogP contribution is -2.23. The van der Waals surface area contributed by atoms with E-state index in [1.165, 1.54) is 43.5 Å². The van der Waals surface area contributed by atoms with Crippen molar-refractivity contribution in [3.63, 3.8) is 0 Å². The highest BCUT2D eigenvalue weighted by Crippen LogP contribution is 2.12. The SMILES string of the molecule is CC(C)NCCCCCCc1cccs1. The van der Waals surface area contributed by atoms with E-state index in [0.29, 0.717) is 6.04 Å². The molecular weight excluding hydrogens is 202 g/mol. The van der Waals surface area contributed by atoms with Crippen molar-refractivity contribution in [3.05, 3.63) is 22.4 Å². The summed E-state index contributed by atoms with van der Waals surface area (Å²) >= 11 is 1.88. The third kappa shape index (κ3) is 6.69. The van der Waals surface area contributed by atoms with Gasteiger partial charge in [0.1, 0.15) is 0 Å². The van der Waals surface area contributed by atoms with Gasteiger partial charge in [-0.25, -0.2) is 0 Å². The van der Waals surface area contributed by atoms with E-state index in [1.807, 2.05) is 11.3 Å². The Bertz CT molecular complexity index is 229. The second-order valence-electron chi connectivity index (χ2n) is 4.35. The average Bonchev–Trinajstić information content (AvgIpc) is 2.68. The molecule has 1 aromatic rings. The average molecular weight is 225 g/mol. The third-order valence-corrected chi connectivity index (χ3v) is 3.42. The molecule has 0 aliphatic rings. The van der Waals surface area contributed by atoms with Crippen LogP contribution in [0.1, 0.15) is 44.4 Å². The molecule has 0 bridgehead atoms. The van der Waals surface area contributed by atoms with Crippen LogP contribution in [0.2, 0.25) is 0 Å². The lowest BCUT2D eigenvalue weighted by atomic mass is 10.1. The molecule has 1 N–H and O–H groups in total. The molecule has 1 rings (SSSR count). The predicted octanol–water partition coefficient (Wildman–Crippen LogP) is 3.85. The van der Waals surface area contributed by atoms with Crippen LogP contribution >= 0.6 is 11.3 Å². The molecule has 0 saturated carbocycles. The molecule has 0 radical (unpaired) electrons. The predicted molar refractivity (Wildman–Crippen MR) is 69.6 cm³/mol. The van der Waals surface area contributed by atoms with Crippen LogP contribution in [0.4, 0.5) is 0 Å². The largest absolute Gasteiger partial charge is 0.315 e. The normalized spacial score (nSPS) is 11.1. The lowest BCUT2D eigenvalue weighted by molar-refractivity contribution is 0.542. The molecular formula is C13H23NS. The first-order chi connectivity index (χ1) is 7.29. The number of thiophene rings is 1. The second kappa shape index (κ2) is 7.89. The summed E-state index contributed by atoms with van der Waals surface area (Å²) in [7, 11) is 0. The van der Waals surface area contributed by atoms with Crippen molar-refractivity contribution >= 4 is 11.3 Å². The molecule has 0 aliphatic carbocycles. The summed E-state index contributed by atoms with van der Waals surface area (Å²) in [5.41, 5.74) is 0. The summed E-state index contributed by atoms with van der Waals surface area (Å²) in [6.45, 7) is 5.59. The van der Waals surface area contributed by atoms with E-state index in [9.17, 15) is 0 Å². The first-order valence-corrected chi connectivity index (χ1v) is 6.93. The summed E-state index contributed by atoms with van der Waals surface area (Å²) in [5.74, 6) is 0. The standard InChI is InChI=1S/C13H23NS/c1-12(2)14-10-6-4-3-5-8-13-9-7-11-15-13/h7,9,11-12,14H,3-6,8,10H2,1-2H3. The van der Waals surface area contributed by atoms with Gasteiger partial charge in [-0.15, -0.1) is 11.3 Å². The Labute approximate surface area is 97.9 Å². The summed E-state index contributed by atoms with van der Waals surface area (Å²) < 4.78 is 0. The molecule has 0 aromatic carbocycles. The molecule has 1 aromatic heterocycles. The van der Waals surface area contributed by atoms with E-state index < -0.39 is 0 Å². The van der Waals surface area contributed by atoms with Gasteiger partial charge in [0.05, 0.1) is 0 Å². The van der Waals surface area contributed by atoms with E-state index >= 15 is 0 Å². The van der Waals surface area contributed by atoms with Gasteiger partial charge in [0.25, 0.3) is 0 Å². The minimum atomic E-state index is 0.635. The maximum Gasteiger partial charge on any atom is 0.00452 e. The van der Waals surface area contributed by atoms with Gasteiger partial charge in [-0.05, 0) is 37.3 Å². The summed E-state index contributed by atoms with van der Waals surface area (Å²) in [6, 6.07) is 5.02. The second-order valence-corrected chi connectivity index (χ2v) is 5.38. The molecule has 86 valence electrons. The number of hydrogen-bond donors (Lipinski definition) is 1. The maximum absolute atomic E-state index is 3.45. The molecule has 0 unspecified atom stereocenters. The molecule has 0 spiro atoms. The van der Waals surface area contributed by atoms with Gasteiger partial charge in [-0.3, -0.25) is 0 Å². The molecule has 15 heavy (non-hydrogen) atoms. The van der Waals surface area contributed by atoms with Crippen molar-refractivity contribution in [3.8, 4) is 0 Å². The highest BCUT2D eigenvalue weighted by Gasteiger charge is 1.95. The first-order valence-electron chi connectivity index (χ1n) is 6.05. The van der Waals surface area contributed by atoms with Crippen LogP contribution in [0.25, 0.3) is 0 Å². The van der Waals surface area contributed by atoms with Gasteiger partial charge in [-0.1, -0.05) is 32.8 Å². The highest BCUT2D eigenvalue weighted by molar-refractivity contribution is 7.09. The van der Waals surface area contributed by atoms with Crippen LogP contribution < -0.4 is 5.32 Å². The Morgan fingerprint density at radius 1 is 1.20 bits per heavy atom. The van der Waals surface area contributed by atoms with Crippen molar-refractivity contribution in [2.24, 2.45) is 0 Å². The van der Waals surface area contributed by atoms with Gasteiger partial charge < -0.3 is 5.32 Å². The van der Waals surface area contributed by atoms with Crippen molar-refractivity contribution < 1.29 is 0 Å². The van der Waals surface area contributed by atoms with Gasteiger partial charge in [0.2, 0.25) is 0 Å². The Kier molecular flexibility index (Phi) is 6.69. The third-order valence-electron chi connectivity index (χ3n) is 2.48. The number of hydrogen-bond acceptors (Lipinski definition) is 2. The fourth-order valence-electron chi connectivity index (χ4n) is 1.62. The van der Waals surface area contributed by atoms with E-state index in [2.05, 4.69) is 36.7 Å². The smallest absolute Gasteiger partial charge is 0.00452 e. The number of rotatable bonds is 8. The minimum absolute atomic E-state index is 0.635. The van der Waals surface area contributed by atoms with E-state index in [1.54, 1.807) is 0 Å². The van der Waals surface area contributed by atoms with Crippen molar-refractivity contribution in [2.45, 2.75) is 52.0 Å². The molecule has 0 amide bonds. The zero-order chi connectivity index (χ0) is 10.9. The molecule has 1 nitrogen and oxygen atoms in total. The Balaban J connectivity index is 1.85. The van der Waals surface area contributed by atoms with Crippen LogP contribution in [0.5, 0.6) is 0 Å². The fourth-order valence-corrected chi connectivity index (χ4v) is 2.37. The number of unbranched alkanes of at least 4 members (excludes halogenated alkanes) is 3. The fraction of sp³-hybridized carbons (Fsp3) is 0.692. The van der Waals surface area contributed by atoms with Crippen LogP contribution in [0, 0.1) is 0 Å². The summed E-state index contributed by atoms with van der Waals surface area (Å²) in [6.07, 6.45) is 6.68. The van der Waals surface area contributed by atoms with E-state index in [4.69, 9.17) is 0 Å². The Morgan fingerprint density at radius 3 is 2.67 bits per heavy atom. The van der Waals surface area contributed by atoms with Crippen molar-refractivity contribution in [1.29, 1.82) is 0 Å². The Hall–Kier alpha value is -0.340. The van der Waals surface area contributed by atoms with E-state index in [-0.39, 0.29) is 0 Å². The summed E-state index contributed by atoms with van der Waals surface area (Å²) in [5, 5.41) is 5.62. The number of aryl methyl sites for hydroxylation is 1. The van der Waals surface area contributed by atoms with Crippen LogP contribution in [-0.2, 0) is 6.42 Å². The zero-order valence-corrected chi connectivity index (χ0v) is 10.8. The molecule has 2 heteroatoms. The highest BCUT2D eigenvalue weighted by atomic mass is 32.1. The quantitative estimate of drug-likeness (QED) is 0.663. The molecule has 0 aliphatic heterocycles. The van der Waals surface area contributed by atoms with Crippen LogP contribution in [0.3, 0.4) is 0 Å². The molecule has 0 fully saturated rings. The van der Waals surface area contributed by atoms with E-state index in [0.717, 1.165) is 0 Å². The Morgan fingerprint density at radius 2 is 2.00 bits per heavy atom. The van der Waals surface area contributed by atoms with Crippen LogP contribution in [-0.4, -0.2) is 12.6 Å². The topological polar surface area (TPSA) is 12.0 Å². The minimum Gasteiger partial charge on any atom is -0.315 e. The molecule has 0 atom stereocenters. The van der Waals surface area contributed by atoms with Gasteiger partial charge in [0.15, 0.2) is 0 Å². The molecule has 0 saturated heterocycles. The summed E-state index contributed by atoms with van der Waals surface area (Å²) in [4.78, 5) is 1.54. The van der Waals surface area contributed by atoms with Gasteiger partial charge in [-0.2, -0.15) is 0 Å². The molecule has 1 heterocycles. The lowest BCUT2D eigenvalue weighted by Gasteiger charge is -2.07. The monoisotopic (exact) mass is 225 g/mol. The van der Waals surface area contributed by atoms with Crippen molar-refractivity contribution in [2.75, 3.05) is 6.54 Å².